The van der Waals surface area contributed by atoms with Gasteiger partial charge in [-0.2, -0.15) is 0 Å². The molecule has 1 aliphatic rings. The average molecular weight is 298 g/mol. The Bertz CT molecular complexity index is 479. The Morgan fingerprint density at radius 3 is 3.05 bits per heavy atom. The van der Waals surface area contributed by atoms with E-state index in [0.29, 0.717) is 31.3 Å². The minimum atomic E-state index is -0.0664. The van der Waals surface area contributed by atoms with Gasteiger partial charge in [0.2, 0.25) is 0 Å². The molecule has 110 valence electrons. The third kappa shape index (κ3) is 4.02. The van der Waals surface area contributed by atoms with E-state index in [2.05, 4.69) is 5.32 Å². The molecule has 1 aromatic rings. The van der Waals surface area contributed by atoms with Crippen molar-refractivity contribution in [2.45, 2.75) is 6.54 Å². The molecule has 0 radical (unpaired) electrons. The molecule has 5 nitrogen and oxygen atoms in total. The van der Waals surface area contributed by atoms with Gasteiger partial charge in [-0.05, 0) is 32.3 Å². The Morgan fingerprint density at radius 1 is 1.50 bits per heavy atom. The summed E-state index contributed by atoms with van der Waals surface area (Å²) in [5.74, 6) is 0.804. The fourth-order valence-corrected chi connectivity index (χ4v) is 2.23. The van der Waals surface area contributed by atoms with Crippen molar-refractivity contribution in [3.63, 3.8) is 0 Å². The van der Waals surface area contributed by atoms with Crippen LogP contribution in [0.1, 0.15) is 5.56 Å². The highest BCUT2D eigenvalue weighted by atomic mass is 35.5. The van der Waals surface area contributed by atoms with Crippen LogP contribution in [0.3, 0.4) is 0 Å². The molecule has 1 N–H and O–H groups in total. The first-order chi connectivity index (χ1) is 9.56. The molecule has 1 aliphatic heterocycles. The first-order valence-electron chi connectivity index (χ1n) is 6.65. The second kappa shape index (κ2) is 6.81. The van der Waals surface area contributed by atoms with Gasteiger partial charge in [-0.1, -0.05) is 11.6 Å². The summed E-state index contributed by atoms with van der Waals surface area (Å²) in [4.78, 5) is 15.9. The molecule has 0 fully saturated rings. The molecule has 0 bridgehead atoms. The van der Waals surface area contributed by atoms with Crippen molar-refractivity contribution >= 4 is 17.6 Å². The number of nitrogens with one attached hydrogen (secondary N) is 1. The van der Waals surface area contributed by atoms with Gasteiger partial charge in [0.1, 0.15) is 12.4 Å². The number of urea groups is 1. The minimum Gasteiger partial charge on any atom is -0.491 e. The number of carbonyl (C=O) groups is 1. The SMILES string of the molecule is CN(C)CCNC(=O)N1CCOc2ccc(Cl)cc2C1. The molecular formula is C14H20ClN3O2. The Kier molecular flexibility index (Phi) is 5.09. The lowest BCUT2D eigenvalue weighted by Gasteiger charge is -2.21. The molecule has 2 rings (SSSR count). The number of benzene rings is 1. The normalized spacial score (nSPS) is 14.5. The number of likely N-dealkylation sites (N-methyl/N-ethyl adjacent to an activating group) is 1. The predicted molar refractivity (Wildman–Crippen MR) is 79.3 cm³/mol. The van der Waals surface area contributed by atoms with E-state index >= 15 is 0 Å². The van der Waals surface area contributed by atoms with Crippen LogP contribution < -0.4 is 10.1 Å². The van der Waals surface area contributed by atoms with Gasteiger partial charge in [-0.25, -0.2) is 4.79 Å². The summed E-state index contributed by atoms with van der Waals surface area (Å²) in [7, 11) is 3.95. The fourth-order valence-electron chi connectivity index (χ4n) is 2.03. The van der Waals surface area contributed by atoms with Gasteiger partial charge in [0, 0.05) is 23.7 Å². The van der Waals surface area contributed by atoms with Crippen molar-refractivity contribution < 1.29 is 9.53 Å². The summed E-state index contributed by atoms with van der Waals surface area (Å²) in [5.41, 5.74) is 0.942. The maximum Gasteiger partial charge on any atom is 0.317 e. The topological polar surface area (TPSA) is 44.8 Å². The number of hydrogen-bond donors (Lipinski definition) is 1. The van der Waals surface area contributed by atoms with Crippen LogP contribution in [0, 0.1) is 0 Å². The molecule has 0 saturated carbocycles. The van der Waals surface area contributed by atoms with Gasteiger partial charge < -0.3 is 19.9 Å². The third-order valence-corrected chi connectivity index (χ3v) is 3.36. The lowest BCUT2D eigenvalue weighted by molar-refractivity contribution is 0.186. The highest BCUT2D eigenvalue weighted by molar-refractivity contribution is 6.30. The van der Waals surface area contributed by atoms with Crippen LogP contribution in [0.2, 0.25) is 5.02 Å². The predicted octanol–water partition coefficient (Wildman–Crippen LogP) is 1.81. The number of carbonyl (C=O) groups excluding carboxylic acids is 1. The van der Waals surface area contributed by atoms with E-state index in [9.17, 15) is 4.79 Å². The summed E-state index contributed by atoms with van der Waals surface area (Å²) in [6, 6.07) is 5.43. The number of hydrogen-bond acceptors (Lipinski definition) is 3. The Hall–Kier alpha value is -1.46. The number of rotatable bonds is 3. The summed E-state index contributed by atoms with van der Waals surface area (Å²) in [6.07, 6.45) is 0. The first-order valence-corrected chi connectivity index (χ1v) is 7.03. The van der Waals surface area contributed by atoms with Crippen LogP contribution in [-0.4, -0.2) is 56.2 Å². The average Bonchev–Trinajstić information content (AvgIpc) is 2.59. The first kappa shape index (κ1) is 14.9. The quantitative estimate of drug-likeness (QED) is 0.925. The molecule has 1 heterocycles. The molecule has 0 spiro atoms. The van der Waals surface area contributed by atoms with E-state index in [1.807, 2.05) is 31.1 Å². The van der Waals surface area contributed by atoms with Gasteiger partial charge in [-0.3, -0.25) is 0 Å². The van der Waals surface area contributed by atoms with E-state index in [4.69, 9.17) is 16.3 Å². The van der Waals surface area contributed by atoms with Crippen molar-refractivity contribution in [1.29, 1.82) is 0 Å². The highest BCUT2D eigenvalue weighted by Crippen LogP contribution is 2.26. The zero-order chi connectivity index (χ0) is 14.5. The lowest BCUT2D eigenvalue weighted by atomic mass is 10.2. The van der Waals surface area contributed by atoms with Crippen molar-refractivity contribution in [3.8, 4) is 5.75 Å². The molecule has 6 heteroatoms. The molecule has 0 atom stereocenters. The monoisotopic (exact) mass is 297 g/mol. The number of halogens is 1. The number of fused-ring (bicyclic) bond motifs is 1. The van der Waals surface area contributed by atoms with E-state index in [-0.39, 0.29) is 6.03 Å². The van der Waals surface area contributed by atoms with E-state index in [0.717, 1.165) is 17.9 Å². The van der Waals surface area contributed by atoms with Gasteiger partial charge in [0.25, 0.3) is 0 Å². The summed E-state index contributed by atoms with van der Waals surface area (Å²) >= 11 is 6.00. The highest BCUT2D eigenvalue weighted by Gasteiger charge is 2.19. The second-order valence-corrected chi connectivity index (χ2v) is 5.49. The van der Waals surface area contributed by atoms with E-state index in [1.165, 1.54) is 0 Å². The van der Waals surface area contributed by atoms with Gasteiger partial charge >= 0.3 is 6.03 Å². The molecule has 0 aromatic heterocycles. The lowest BCUT2D eigenvalue weighted by Crippen LogP contribution is -2.42. The molecule has 0 saturated heterocycles. The fraction of sp³-hybridized carbons (Fsp3) is 0.500. The smallest absolute Gasteiger partial charge is 0.317 e. The standard InChI is InChI=1S/C14H20ClN3O2/c1-17(2)6-5-16-14(19)18-7-8-20-13-4-3-12(15)9-11(13)10-18/h3-4,9H,5-8,10H2,1-2H3,(H,16,19). The third-order valence-electron chi connectivity index (χ3n) is 3.12. The molecule has 2 amide bonds. The van der Waals surface area contributed by atoms with Crippen molar-refractivity contribution in [1.82, 2.24) is 15.1 Å². The van der Waals surface area contributed by atoms with Crippen molar-refractivity contribution in [3.05, 3.63) is 28.8 Å². The summed E-state index contributed by atoms with van der Waals surface area (Å²) < 4.78 is 5.64. The Labute approximate surface area is 124 Å². The van der Waals surface area contributed by atoms with Gasteiger partial charge in [0.15, 0.2) is 0 Å². The van der Waals surface area contributed by atoms with Crippen LogP contribution >= 0.6 is 11.6 Å². The van der Waals surface area contributed by atoms with E-state index < -0.39 is 0 Å². The van der Waals surface area contributed by atoms with Crippen LogP contribution in [-0.2, 0) is 6.54 Å². The number of nitrogens with zero attached hydrogens (tertiary/aromatic N) is 2. The van der Waals surface area contributed by atoms with Crippen LogP contribution in [0.15, 0.2) is 18.2 Å². The zero-order valence-corrected chi connectivity index (χ0v) is 12.6. The zero-order valence-electron chi connectivity index (χ0n) is 11.9. The molecule has 1 aromatic carbocycles. The Morgan fingerprint density at radius 2 is 2.30 bits per heavy atom. The van der Waals surface area contributed by atoms with Gasteiger partial charge in [0.05, 0.1) is 13.1 Å². The maximum atomic E-state index is 12.1. The van der Waals surface area contributed by atoms with Crippen LogP contribution in [0.4, 0.5) is 4.79 Å². The molecular weight excluding hydrogens is 278 g/mol. The number of ether oxygens (including phenoxy) is 1. The Balaban J connectivity index is 1.98. The van der Waals surface area contributed by atoms with Gasteiger partial charge in [-0.15, -0.1) is 0 Å². The van der Waals surface area contributed by atoms with E-state index in [1.54, 1.807) is 11.0 Å². The minimum absolute atomic E-state index is 0.0664. The summed E-state index contributed by atoms with van der Waals surface area (Å²) in [5, 5.41) is 3.57. The molecule has 0 unspecified atom stereocenters. The number of amides is 2. The molecule has 0 aliphatic carbocycles. The van der Waals surface area contributed by atoms with Crippen LogP contribution in [0.25, 0.3) is 0 Å². The largest absolute Gasteiger partial charge is 0.491 e. The van der Waals surface area contributed by atoms with Crippen molar-refractivity contribution in [2.24, 2.45) is 0 Å². The maximum absolute atomic E-state index is 12.1. The second-order valence-electron chi connectivity index (χ2n) is 5.06. The van der Waals surface area contributed by atoms with Crippen molar-refractivity contribution in [2.75, 3.05) is 40.3 Å². The molecule has 20 heavy (non-hydrogen) atoms. The summed E-state index contributed by atoms with van der Waals surface area (Å²) in [6.45, 7) is 3.03. The van der Waals surface area contributed by atoms with Crippen LogP contribution in [0.5, 0.6) is 5.75 Å².